The van der Waals surface area contributed by atoms with Crippen molar-refractivity contribution >= 4 is 17.9 Å². The van der Waals surface area contributed by atoms with Crippen LogP contribution in [0.15, 0.2) is 0 Å². The molecule has 0 saturated carbocycles. The van der Waals surface area contributed by atoms with Crippen molar-refractivity contribution in [1.82, 2.24) is 15.5 Å². The molecule has 8 heteroatoms. The number of aliphatic carboxylic acids is 1. The molecule has 116 valence electrons. The van der Waals surface area contributed by atoms with Crippen molar-refractivity contribution in [2.75, 3.05) is 33.4 Å². The molecule has 0 radical (unpaired) electrons. The molecule has 0 aromatic rings. The van der Waals surface area contributed by atoms with Gasteiger partial charge in [0.15, 0.2) is 0 Å². The van der Waals surface area contributed by atoms with Crippen LogP contribution in [-0.4, -0.2) is 67.3 Å². The first-order valence-electron chi connectivity index (χ1n) is 6.44. The van der Waals surface area contributed by atoms with E-state index in [2.05, 4.69) is 10.6 Å². The molecule has 0 saturated heterocycles. The van der Waals surface area contributed by atoms with Gasteiger partial charge in [-0.3, -0.25) is 9.59 Å². The summed E-state index contributed by atoms with van der Waals surface area (Å²) < 4.78 is 4.78. The van der Waals surface area contributed by atoms with Gasteiger partial charge < -0.3 is 25.4 Å². The lowest BCUT2D eigenvalue weighted by atomic mass is 10.2. The van der Waals surface area contributed by atoms with Crippen molar-refractivity contribution < 1.29 is 24.2 Å². The number of nitrogens with zero attached hydrogens (tertiary/aromatic N) is 1. The maximum Gasteiger partial charge on any atom is 0.318 e. The number of nitrogens with one attached hydrogen (secondary N) is 2. The third kappa shape index (κ3) is 7.57. The second-order valence-corrected chi connectivity index (χ2v) is 4.23. The molecule has 0 aromatic heterocycles. The van der Waals surface area contributed by atoms with Gasteiger partial charge in [-0.25, -0.2) is 4.79 Å². The topological polar surface area (TPSA) is 108 Å². The van der Waals surface area contributed by atoms with E-state index in [1.54, 1.807) is 13.8 Å². The van der Waals surface area contributed by atoms with E-state index in [0.29, 0.717) is 19.7 Å². The second kappa shape index (κ2) is 10.0. The van der Waals surface area contributed by atoms with Gasteiger partial charge in [-0.1, -0.05) is 0 Å². The van der Waals surface area contributed by atoms with E-state index >= 15 is 0 Å². The van der Waals surface area contributed by atoms with Crippen molar-refractivity contribution in [2.45, 2.75) is 26.3 Å². The largest absolute Gasteiger partial charge is 0.481 e. The molecule has 0 rings (SSSR count). The fourth-order valence-electron chi connectivity index (χ4n) is 1.63. The Bertz CT molecular complexity index is 335. The molecule has 1 unspecified atom stereocenters. The van der Waals surface area contributed by atoms with Crippen molar-refractivity contribution in [3.8, 4) is 0 Å². The molecule has 0 bridgehead atoms. The first-order chi connectivity index (χ1) is 9.42. The number of carbonyl (C=O) groups excluding carboxylic acids is 2. The minimum absolute atomic E-state index is 0.138. The molecule has 1 atom stereocenters. The SMILES string of the molecule is CCN(C(=O)NCC(=O)NCCOC)C(C)CC(=O)O. The average Bonchev–Trinajstić information content (AvgIpc) is 2.36. The zero-order chi connectivity index (χ0) is 15.5. The van der Waals surface area contributed by atoms with Crippen LogP contribution in [0.3, 0.4) is 0 Å². The highest BCUT2D eigenvalue weighted by molar-refractivity contribution is 5.84. The Kier molecular flexibility index (Phi) is 9.10. The predicted molar refractivity (Wildman–Crippen MR) is 72.4 cm³/mol. The van der Waals surface area contributed by atoms with Gasteiger partial charge in [-0.05, 0) is 13.8 Å². The van der Waals surface area contributed by atoms with E-state index in [1.165, 1.54) is 12.0 Å². The normalized spacial score (nSPS) is 11.6. The first kappa shape index (κ1) is 18.2. The third-order valence-corrected chi connectivity index (χ3v) is 2.63. The number of hydrogen-bond acceptors (Lipinski definition) is 4. The zero-order valence-electron chi connectivity index (χ0n) is 12.1. The molecule has 0 aliphatic rings. The van der Waals surface area contributed by atoms with Crippen LogP contribution in [0, 0.1) is 0 Å². The van der Waals surface area contributed by atoms with Crippen LogP contribution >= 0.6 is 0 Å². The smallest absolute Gasteiger partial charge is 0.318 e. The fraction of sp³-hybridized carbons (Fsp3) is 0.750. The molecular weight excluding hydrogens is 266 g/mol. The van der Waals surface area contributed by atoms with Gasteiger partial charge in [0.2, 0.25) is 5.91 Å². The van der Waals surface area contributed by atoms with Crippen molar-refractivity contribution in [3.63, 3.8) is 0 Å². The number of hydrogen-bond donors (Lipinski definition) is 3. The lowest BCUT2D eigenvalue weighted by molar-refractivity contribution is -0.138. The van der Waals surface area contributed by atoms with Crippen molar-refractivity contribution in [2.24, 2.45) is 0 Å². The summed E-state index contributed by atoms with van der Waals surface area (Å²) >= 11 is 0. The van der Waals surface area contributed by atoms with E-state index in [0.717, 1.165) is 0 Å². The maximum absolute atomic E-state index is 11.8. The fourth-order valence-corrected chi connectivity index (χ4v) is 1.63. The zero-order valence-corrected chi connectivity index (χ0v) is 12.1. The summed E-state index contributed by atoms with van der Waals surface area (Å²) in [6, 6.07) is -0.891. The number of urea groups is 1. The molecule has 3 amide bonds. The highest BCUT2D eigenvalue weighted by atomic mass is 16.5. The highest BCUT2D eigenvalue weighted by Crippen LogP contribution is 2.03. The lowest BCUT2D eigenvalue weighted by Crippen LogP contribution is -2.48. The van der Waals surface area contributed by atoms with E-state index in [-0.39, 0.29) is 18.9 Å². The van der Waals surface area contributed by atoms with Gasteiger partial charge >= 0.3 is 12.0 Å². The number of carboxylic acid groups (broad SMARTS) is 1. The maximum atomic E-state index is 11.8. The number of carboxylic acids is 1. The van der Waals surface area contributed by atoms with Crippen LogP contribution in [0.1, 0.15) is 20.3 Å². The number of carbonyl (C=O) groups is 3. The Hall–Kier alpha value is -1.83. The lowest BCUT2D eigenvalue weighted by Gasteiger charge is -2.27. The first-order valence-corrected chi connectivity index (χ1v) is 6.44. The van der Waals surface area contributed by atoms with Crippen LogP contribution in [0.4, 0.5) is 4.79 Å². The molecule has 8 nitrogen and oxygen atoms in total. The van der Waals surface area contributed by atoms with Crippen LogP contribution < -0.4 is 10.6 Å². The van der Waals surface area contributed by atoms with Crippen molar-refractivity contribution in [3.05, 3.63) is 0 Å². The average molecular weight is 289 g/mol. The Morgan fingerprint density at radius 1 is 1.30 bits per heavy atom. The summed E-state index contributed by atoms with van der Waals surface area (Å²) in [5.74, 6) is -1.29. The standard InChI is InChI=1S/C12H23N3O5/c1-4-15(9(2)7-11(17)18)12(19)14-8-10(16)13-5-6-20-3/h9H,4-8H2,1-3H3,(H,13,16)(H,14,19)(H,17,18). The minimum Gasteiger partial charge on any atom is -0.481 e. The number of rotatable bonds is 9. The quantitative estimate of drug-likeness (QED) is 0.503. The highest BCUT2D eigenvalue weighted by Gasteiger charge is 2.20. The van der Waals surface area contributed by atoms with Gasteiger partial charge in [0.1, 0.15) is 0 Å². The Morgan fingerprint density at radius 2 is 1.95 bits per heavy atom. The van der Waals surface area contributed by atoms with Gasteiger partial charge in [0.05, 0.1) is 19.6 Å². The van der Waals surface area contributed by atoms with Crippen LogP contribution in [0.25, 0.3) is 0 Å². The summed E-state index contributed by atoms with van der Waals surface area (Å²) in [7, 11) is 1.52. The molecule has 3 N–H and O–H groups in total. The molecule has 0 spiro atoms. The molecule has 0 heterocycles. The molecular formula is C12H23N3O5. The minimum atomic E-state index is -0.971. The summed E-state index contributed by atoms with van der Waals surface area (Å²) in [6.45, 7) is 4.38. The van der Waals surface area contributed by atoms with Crippen LogP contribution in [-0.2, 0) is 14.3 Å². The van der Waals surface area contributed by atoms with Crippen LogP contribution in [0.5, 0.6) is 0 Å². The summed E-state index contributed by atoms with van der Waals surface area (Å²) in [4.78, 5) is 35.2. The molecule has 0 aliphatic carbocycles. The van der Waals surface area contributed by atoms with E-state index in [9.17, 15) is 14.4 Å². The molecule has 0 aliphatic heterocycles. The van der Waals surface area contributed by atoms with E-state index in [1.807, 2.05) is 0 Å². The monoisotopic (exact) mass is 289 g/mol. The van der Waals surface area contributed by atoms with Gasteiger partial charge in [0, 0.05) is 26.2 Å². The Morgan fingerprint density at radius 3 is 2.45 bits per heavy atom. The van der Waals surface area contributed by atoms with Gasteiger partial charge in [-0.2, -0.15) is 0 Å². The van der Waals surface area contributed by atoms with Gasteiger partial charge in [0.25, 0.3) is 0 Å². The Labute approximate surface area is 118 Å². The molecule has 0 aromatic carbocycles. The Balaban J connectivity index is 4.15. The van der Waals surface area contributed by atoms with E-state index in [4.69, 9.17) is 9.84 Å². The second-order valence-electron chi connectivity index (χ2n) is 4.23. The number of ether oxygens (including phenoxy) is 1. The molecule has 0 fully saturated rings. The number of methoxy groups -OCH3 is 1. The summed E-state index contributed by atoms with van der Waals surface area (Å²) in [6.07, 6.45) is -0.138. The molecule has 20 heavy (non-hydrogen) atoms. The summed E-state index contributed by atoms with van der Waals surface area (Å²) in [5.41, 5.74) is 0. The van der Waals surface area contributed by atoms with Gasteiger partial charge in [-0.15, -0.1) is 0 Å². The van der Waals surface area contributed by atoms with Crippen molar-refractivity contribution in [1.29, 1.82) is 0 Å². The predicted octanol–water partition coefficient (Wildman–Crippen LogP) is -0.356. The number of amides is 3. The van der Waals surface area contributed by atoms with Crippen LogP contribution in [0.2, 0.25) is 0 Å². The van der Waals surface area contributed by atoms with E-state index < -0.39 is 18.0 Å². The third-order valence-electron chi connectivity index (χ3n) is 2.63. The summed E-state index contributed by atoms with van der Waals surface area (Å²) in [5, 5.41) is 13.7.